The molecule has 0 radical (unpaired) electrons. The van der Waals surface area contributed by atoms with E-state index in [1.54, 1.807) is 24.3 Å². The maximum Gasteiger partial charge on any atom is 0.200 e. The molecule has 0 aliphatic heterocycles. The van der Waals surface area contributed by atoms with E-state index in [1.165, 1.54) is 37.4 Å². The summed E-state index contributed by atoms with van der Waals surface area (Å²) >= 11 is 0. The second-order valence-electron chi connectivity index (χ2n) is 5.61. The van der Waals surface area contributed by atoms with Crippen LogP contribution < -0.4 is 4.74 Å². The van der Waals surface area contributed by atoms with Crippen LogP contribution in [0.4, 0.5) is 4.39 Å². The number of carbonyl (C=O) groups is 1. The molecule has 0 aliphatic carbocycles. The van der Waals surface area contributed by atoms with Crippen molar-refractivity contribution >= 4 is 26.4 Å². The molecule has 0 bridgehead atoms. The molecule has 0 heterocycles. The first-order chi connectivity index (χ1) is 11.8. The summed E-state index contributed by atoms with van der Waals surface area (Å²) in [6, 6.07) is 13.4. The molecule has 4 nitrogen and oxygen atoms in total. The number of ether oxygens (including phenoxy) is 1. The Bertz CT molecular complexity index is 1090. The Labute approximate surface area is 144 Å². The van der Waals surface area contributed by atoms with E-state index in [0.717, 1.165) is 6.26 Å². The second-order valence-corrected chi connectivity index (χ2v) is 7.62. The smallest absolute Gasteiger partial charge is 0.200 e. The number of benzene rings is 3. The summed E-state index contributed by atoms with van der Waals surface area (Å²) < 4.78 is 42.8. The van der Waals surface area contributed by atoms with Crippen LogP contribution in [0, 0.1) is 5.82 Å². The largest absolute Gasteiger partial charge is 0.496 e. The number of ketones is 1. The fraction of sp³-hybridized carbons (Fsp3) is 0.105. The first kappa shape index (κ1) is 17.1. The molecule has 3 aromatic rings. The van der Waals surface area contributed by atoms with Gasteiger partial charge in [-0.3, -0.25) is 4.79 Å². The Balaban J connectivity index is 2.29. The van der Waals surface area contributed by atoms with Gasteiger partial charge in [-0.2, -0.15) is 0 Å². The van der Waals surface area contributed by atoms with Gasteiger partial charge in [0.05, 0.1) is 23.1 Å². The van der Waals surface area contributed by atoms with Gasteiger partial charge < -0.3 is 4.74 Å². The molecule has 0 saturated carbocycles. The minimum absolute atomic E-state index is 0.0690. The molecule has 0 aromatic heterocycles. The van der Waals surface area contributed by atoms with Crippen LogP contribution in [-0.4, -0.2) is 27.6 Å². The zero-order valence-corrected chi connectivity index (χ0v) is 14.4. The standard InChI is InChI=1S/C19H15FO4S/c1-24-17-10-7-12-11-13(25(2,22)23)8-9-14(12)18(17)19(21)15-5-3-4-6-16(15)20/h3-11H,1-2H3. The highest BCUT2D eigenvalue weighted by Gasteiger charge is 2.21. The molecule has 0 spiro atoms. The topological polar surface area (TPSA) is 60.4 Å². The predicted molar refractivity (Wildman–Crippen MR) is 93.4 cm³/mol. The lowest BCUT2D eigenvalue weighted by molar-refractivity contribution is 0.103. The lowest BCUT2D eigenvalue weighted by Gasteiger charge is -2.12. The number of halogens is 1. The van der Waals surface area contributed by atoms with Crippen molar-refractivity contribution in [1.82, 2.24) is 0 Å². The number of hydrogen-bond acceptors (Lipinski definition) is 4. The maximum atomic E-state index is 14.0. The Kier molecular flexibility index (Phi) is 4.30. The summed E-state index contributed by atoms with van der Waals surface area (Å²) in [5.74, 6) is -0.847. The van der Waals surface area contributed by atoms with E-state index in [2.05, 4.69) is 0 Å². The Morgan fingerprint density at radius 3 is 2.40 bits per heavy atom. The minimum Gasteiger partial charge on any atom is -0.496 e. The summed E-state index contributed by atoms with van der Waals surface area (Å²) in [5.41, 5.74) is 0.130. The molecule has 3 rings (SSSR count). The molecule has 6 heteroatoms. The summed E-state index contributed by atoms with van der Waals surface area (Å²) in [4.78, 5) is 13.1. The highest BCUT2D eigenvalue weighted by atomic mass is 32.2. The predicted octanol–water partition coefficient (Wildman–Crippen LogP) is 3.62. The molecular formula is C19H15FO4S. The number of hydrogen-bond donors (Lipinski definition) is 0. The van der Waals surface area contributed by atoms with E-state index in [4.69, 9.17) is 4.74 Å². The normalized spacial score (nSPS) is 11.5. The molecule has 0 fully saturated rings. The zero-order valence-electron chi connectivity index (χ0n) is 13.6. The fourth-order valence-corrected chi connectivity index (χ4v) is 3.36. The third-order valence-corrected chi connectivity index (χ3v) is 5.06. The summed E-state index contributed by atoms with van der Waals surface area (Å²) in [5, 5.41) is 1.06. The number of methoxy groups -OCH3 is 1. The van der Waals surface area contributed by atoms with Gasteiger partial charge in [-0.05, 0) is 41.1 Å². The number of fused-ring (bicyclic) bond motifs is 1. The van der Waals surface area contributed by atoms with Gasteiger partial charge in [0.25, 0.3) is 0 Å². The van der Waals surface area contributed by atoms with Gasteiger partial charge in [-0.15, -0.1) is 0 Å². The first-order valence-electron chi connectivity index (χ1n) is 7.43. The van der Waals surface area contributed by atoms with Crippen molar-refractivity contribution in [3.63, 3.8) is 0 Å². The van der Waals surface area contributed by atoms with Crippen LogP contribution in [0.1, 0.15) is 15.9 Å². The van der Waals surface area contributed by atoms with Gasteiger partial charge in [-0.25, -0.2) is 12.8 Å². The second kappa shape index (κ2) is 6.29. The average molecular weight is 358 g/mol. The van der Waals surface area contributed by atoms with E-state index in [-0.39, 0.29) is 16.0 Å². The van der Waals surface area contributed by atoms with Crippen molar-refractivity contribution in [2.45, 2.75) is 4.90 Å². The Morgan fingerprint density at radius 1 is 1.04 bits per heavy atom. The molecule has 128 valence electrons. The summed E-state index contributed by atoms with van der Waals surface area (Å²) in [6.07, 6.45) is 1.11. The quantitative estimate of drug-likeness (QED) is 0.669. The van der Waals surface area contributed by atoms with Crippen LogP contribution in [0.3, 0.4) is 0 Å². The van der Waals surface area contributed by atoms with E-state index in [1.807, 2.05) is 0 Å². The van der Waals surface area contributed by atoms with Crippen LogP contribution in [0.25, 0.3) is 10.8 Å². The summed E-state index contributed by atoms with van der Waals surface area (Å²) in [7, 11) is -1.96. The van der Waals surface area contributed by atoms with Crippen LogP contribution in [0.5, 0.6) is 5.75 Å². The number of sulfone groups is 1. The van der Waals surface area contributed by atoms with Gasteiger partial charge in [0.1, 0.15) is 11.6 Å². The molecule has 0 amide bonds. The maximum absolute atomic E-state index is 14.0. The van der Waals surface area contributed by atoms with Crippen molar-refractivity contribution < 1.29 is 22.3 Å². The number of rotatable bonds is 4. The van der Waals surface area contributed by atoms with E-state index in [9.17, 15) is 17.6 Å². The minimum atomic E-state index is -3.38. The lowest BCUT2D eigenvalue weighted by atomic mass is 9.96. The summed E-state index contributed by atoms with van der Waals surface area (Å²) in [6.45, 7) is 0. The zero-order chi connectivity index (χ0) is 18.2. The third kappa shape index (κ3) is 3.13. The molecule has 0 aliphatic rings. The van der Waals surface area contributed by atoms with Crippen molar-refractivity contribution in [3.05, 3.63) is 71.5 Å². The molecule has 25 heavy (non-hydrogen) atoms. The van der Waals surface area contributed by atoms with Crippen LogP contribution in [0.15, 0.2) is 59.5 Å². The fourth-order valence-electron chi connectivity index (χ4n) is 2.70. The van der Waals surface area contributed by atoms with Gasteiger partial charge in [0.15, 0.2) is 15.6 Å². The molecule has 0 saturated heterocycles. The molecule has 0 unspecified atom stereocenters. The van der Waals surface area contributed by atoms with Gasteiger partial charge >= 0.3 is 0 Å². The van der Waals surface area contributed by atoms with Crippen molar-refractivity contribution in [3.8, 4) is 5.75 Å². The Hall–Kier alpha value is -2.73. The van der Waals surface area contributed by atoms with Crippen molar-refractivity contribution in [2.24, 2.45) is 0 Å². The molecule has 0 atom stereocenters. The monoisotopic (exact) mass is 358 g/mol. The number of carbonyl (C=O) groups excluding carboxylic acids is 1. The highest BCUT2D eigenvalue weighted by molar-refractivity contribution is 7.90. The van der Waals surface area contributed by atoms with Gasteiger partial charge in [0.2, 0.25) is 0 Å². The SMILES string of the molecule is COc1ccc2cc(S(C)(=O)=O)ccc2c1C(=O)c1ccccc1F. The third-order valence-electron chi connectivity index (χ3n) is 3.95. The van der Waals surface area contributed by atoms with Crippen molar-refractivity contribution in [2.75, 3.05) is 13.4 Å². The Morgan fingerprint density at radius 2 is 1.76 bits per heavy atom. The van der Waals surface area contributed by atoms with Gasteiger partial charge in [-0.1, -0.05) is 24.3 Å². The van der Waals surface area contributed by atoms with E-state index >= 15 is 0 Å². The lowest BCUT2D eigenvalue weighted by Crippen LogP contribution is -2.07. The van der Waals surface area contributed by atoms with E-state index in [0.29, 0.717) is 16.5 Å². The average Bonchev–Trinajstić information content (AvgIpc) is 2.59. The first-order valence-corrected chi connectivity index (χ1v) is 9.32. The van der Waals surface area contributed by atoms with Crippen LogP contribution in [0.2, 0.25) is 0 Å². The van der Waals surface area contributed by atoms with Crippen molar-refractivity contribution in [1.29, 1.82) is 0 Å². The highest BCUT2D eigenvalue weighted by Crippen LogP contribution is 2.32. The molecule has 0 N–H and O–H groups in total. The van der Waals surface area contributed by atoms with Gasteiger partial charge in [0, 0.05) is 6.26 Å². The molecule has 3 aromatic carbocycles. The molecular weight excluding hydrogens is 343 g/mol. The van der Waals surface area contributed by atoms with Crippen LogP contribution in [-0.2, 0) is 9.84 Å². The van der Waals surface area contributed by atoms with E-state index < -0.39 is 21.4 Å². The van der Waals surface area contributed by atoms with Crippen LogP contribution >= 0.6 is 0 Å².